The van der Waals surface area contributed by atoms with Crippen LogP contribution in [0.3, 0.4) is 0 Å². The Morgan fingerprint density at radius 2 is 1.89 bits per heavy atom. The maximum atomic E-state index is 6.20. The molecular formula is C12H6Cl3N3S. The third-order valence-corrected chi connectivity index (χ3v) is 3.68. The zero-order chi connectivity index (χ0) is 13.6. The molecule has 3 nitrogen and oxygen atoms in total. The van der Waals surface area contributed by atoms with Crippen LogP contribution in [0.1, 0.15) is 0 Å². The van der Waals surface area contributed by atoms with Gasteiger partial charge < -0.3 is 4.98 Å². The second kappa shape index (κ2) is 4.80. The Hall–Kier alpha value is -1.07. The van der Waals surface area contributed by atoms with E-state index in [-0.39, 0.29) is 0 Å². The Morgan fingerprint density at radius 3 is 2.68 bits per heavy atom. The number of pyridine rings is 1. The minimum atomic E-state index is 0.480. The second-order valence-corrected chi connectivity index (χ2v) is 5.55. The zero-order valence-corrected chi connectivity index (χ0v) is 12.4. The highest BCUT2D eigenvalue weighted by molar-refractivity contribution is 7.71. The minimum Gasteiger partial charge on any atom is -0.329 e. The summed E-state index contributed by atoms with van der Waals surface area (Å²) in [7, 11) is 0. The molecule has 0 spiro atoms. The van der Waals surface area contributed by atoms with Crippen molar-refractivity contribution in [3.8, 4) is 5.69 Å². The lowest BCUT2D eigenvalue weighted by molar-refractivity contribution is 1.04. The van der Waals surface area contributed by atoms with Crippen molar-refractivity contribution < 1.29 is 0 Å². The number of hydrogen-bond acceptors (Lipinski definition) is 2. The highest BCUT2D eigenvalue weighted by Crippen LogP contribution is 2.28. The molecule has 0 fully saturated rings. The topological polar surface area (TPSA) is 33.6 Å². The lowest BCUT2D eigenvalue weighted by Gasteiger charge is -2.06. The van der Waals surface area contributed by atoms with Gasteiger partial charge in [-0.1, -0.05) is 34.8 Å². The van der Waals surface area contributed by atoms with Crippen LogP contribution in [0.25, 0.3) is 16.9 Å². The quantitative estimate of drug-likeness (QED) is 0.634. The number of fused-ring (bicyclic) bond motifs is 1. The summed E-state index contributed by atoms with van der Waals surface area (Å²) in [5.74, 6) is 0. The van der Waals surface area contributed by atoms with E-state index in [1.807, 2.05) is 0 Å². The van der Waals surface area contributed by atoms with Gasteiger partial charge >= 0.3 is 0 Å². The minimum absolute atomic E-state index is 0.480. The van der Waals surface area contributed by atoms with Gasteiger partial charge in [0.05, 0.1) is 21.2 Å². The van der Waals surface area contributed by atoms with Gasteiger partial charge in [-0.25, -0.2) is 4.98 Å². The summed E-state index contributed by atoms with van der Waals surface area (Å²) >= 11 is 23.4. The zero-order valence-electron chi connectivity index (χ0n) is 9.32. The molecule has 19 heavy (non-hydrogen) atoms. The van der Waals surface area contributed by atoms with E-state index in [2.05, 4.69) is 9.97 Å². The van der Waals surface area contributed by atoms with Gasteiger partial charge in [0.25, 0.3) is 0 Å². The van der Waals surface area contributed by atoms with Gasteiger partial charge in [-0.2, -0.15) is 0 Å². The van der Waals surface area contributed by atoms with Crippen LogP contribution in [0, 0.1) is 4.77 Å². The fraction of sp³-hybridized carbons (Fsp3) is 0. The number of imidazole rings is 1. The SMILES string of the molecule is S=c1[nH]c2cc(Cl)cnc2n1-c1cc(Cl)ccc1Cl. The van der Waals surface area contributed by atoms with Gasteiger partial charge in [0.2, 0.25) is 0 Å². The van der Waals surface area contributed by atoms with Crippen molar-refractivity contribution in [1.29, 1.82) is 0 Å². The van der Waals surface area contributed by atoms with Crippen LogP contribution in [-0.2, 0) is 0 Å². The van der Waals surface area contributed by atoms with Crippen molar-refractivity contribution in [1.82, 2.24) is 14.5 Å². The van der Waals surface area contributed by atoms with E-state index < -0.39 is 0 Å². The van der Waals surface area contributed by atoms with Gasteiger partial charge in [0.1, 0.15) is 0 Å². The maximum Gasteiger partial charge on any atom is 0.184 e. The Kier molecular flexibility index (Phi) is 3.27. The third kappa shape index (κ3) is 2.25. The molecule has 0 unspecified atom stereocenters. The monoisotopic (exact) mass is 329 g/mol. The molecule has 1 N–H and O–H groups in total. The van der Waals surface area contributed by atoms with Gasteiger partial charge in [-0.15, -0.1) is 0 Å². The van der Waals surface area contributed by atoms with E-state index in [1.165, 1.54) is 0 Å². The fourth-order valence-electron chi connectivity index (χ4n) is 1.85. The lowest BCUT2D eigenvalue weighted by Crippen LogP contribution is -1.96. The molecule has 0 amide bonds. The molecule has 0 saturated heterocycles. The van der Waals surface area contributed by atoms with Gasteiger partial charge in [0, 0.05) is 11.2 Å². The fourth-order valence-corrected chi connectivity index (χ4v) is 2.67. The molecule has 96 valence electrons. The number of hydrogen-bond donors (Lipinski definition) is 1. The van der Waals surface area contributed by atoms with Gasteiger partial charge in [0.15, 0.2) is 10.4 Å². The molecule has 2 aromatic heterocycles. The summed E-state index contributed by atoms with van der Waals surface area (Å²) in [5, 5.41) is 1.65. The first-order valence-electron chi connectivity index (χ1n) is 5.28. The number of aromatic nitrogens is 3. The highest BCUT2D eigenvalue weighted by Gasteiger charge is 2.11. The molecule has 0 aliphatic rings. The van der Waals surface area contributed by atoms with E-state index in [0.717, 1.165) is 5.52 Å². The van der Waals surface area contributed by atoms with Crippen LogP contribution < -0.4 is 0 Å². The van der Waals surface area contributed by atoms with Crippen molar-refractivity contribution in [2.75, 3.05) is 0 Å². The molecule has 0 aliphatic carbocycles. The number of rotatable bonds is 1. The molecule has 0 atom stereocenters. The summed E-state index contributed by atoms with van der Waals surface area (Å²) in [4.78, 5) is 7.32. The van der Waals surface area contributed by atoms with Crippen LogP contribution in [0.5, 0.6) is 0 Å². The molecule has 0 saturated carbocycles. The number of nitrogens with zero attached hydrogens (tertiary/aromatic N) is 2. The molecule has 0 radical (unpaired) electrons. The molecule has 7 heteroatoms. The number of aromatic amines is 1. The summed E-state index contributed by atoms with van der Waals surface area (Å²) < 4.78 is 2.21. The number of nitrogens with one attached hydrogen (secondary N) is 1. The Labute approximate surface area is 128 Å². The highest BCUT2D eigenvalue weighted by atomic mass is 35.5. The summed E-state index contributed by atoms with van der Waals surface area (Å²) in [6.07, 6.45) is 1.56. The van der Waals surface area contributed by atoms with Crippen molar-refractivity contribution in [3.63, 3.8) is 0 Å². The number of halogens is 3. The average Bonchev–Trinajstić information content (AvgIpc) is 2.67. The van der Waals surface area contributed by atoms with Gasteiger partial charge in [-0.05, 0) is 36.5 Å². The Bertz CT molecular complexity index is 838. The van der Waals surface area contributed by atoms with E-state index in [4.69, 9.17) is 47.0 Å². The normalized spacial score (nSPS) is 11.1. The van der Waals surface area contributed by atoms with E-state index in [0.29, 0.717) is 31.2 Å². The third-order valence-electron chi connectivity index (χ3n) is 2.64. The van der Waals surface area contributed by atoms with Crippen LogP contribution in [0.4, 0.5) is 0 Å². The van der Waals surface area contributed by atoms with Crippen LogP contribution in [0.15, 0.2) is 30.5 Å². The van der Waals surface area contributed by atoms with E-state index in [9.17, 15) is 0 Å². The molecule has 2 heterocycles. The first-order chi connectivity index (χ1) is 9.06. The van der Waals surface area contributed by atoms with Crippen LogP contribution in [0.2, 0.25) is 15.1 Å². The smallest absolute Gasteiger partial charge is 0.184 e. The summed E-state index contributed by atoms with van der Waals surface area (Å²) in [5.41, 5.74) is 2.08. The van der Waals surface area contributed by atoms with E-state index in [1.54, 1.807) is 35.0 Å². The predicted molar refractivity (Wildman–Crippen MR) is 81.3 cm³/mol. The number of benzene rings is 1. The lowest BCUT2D eigenvalue weighted by atomic mass is 10.3. The molecular weight excluding hydrogens is 325 g/mol. The Balaban J connectivity index is 2.39. The predicted octanol–water partition coefficient (Wildman–Crippen LogP) is 5.04. The molecule has 0 bridgehead atoms. The molecule has 1 aromatic carbocycles. The molecule has 3 aromatic rings. The molecule has 3 rings (SSSR count). The number of H-pyrrole nitrogens is 1. The maximum absolute atomic E-state index is 6.20. The van der Waals surface area contributed by atoms with Crippen molar-refractivity contribution >= 4 is 58.2 Å². The molecule has 0 aliphatic heterocycles. The largest absolute Gasteiger partial charge is 0.329 e. The average molecular weight is 331 g/mol. The first kappa shape index (κ1) is 12.9. The van der Waals surface area contributed by atoms with Crippen molar-refractivity contribution in [2.45, 2.75) is 0 Å². The first-order valence-corrected chi connectivity index (χ1v) is 6.82. The summed E-state index contributed by atoms with van der Waals surface area (Å²) in [6, 6.07) is 6.93. The van der Waals surface area contributed by atoms with Gasteiger partial charge in [-0.3, -0.25) is 4.57 Å². The summed E-state index contributed by atoms with van der Waals surface area (Å²) in [6.45, 7) is 0. The van der Waals surface area contributed by atoms with Crippen molar-refractivity contribution in [3.05, 3.63) is 50.3 Å². The van der Waals surface area contributed by atoms with Crippen molar-refractivity contribution in [2.24, 2.45) is 0 Å². The Morgan fingerprint density at radius 1 is 1.11 bits per heavy atom. The van der Waals surface area contributed by atoms with E-state index >= 15 is 0 Å². The second-order valence-electron chi connectivity index (χ2n) is 3.89. The van der Waals surface area contributed by atoms with Crippen LogP contribution >= 0.6 is 47.0 Å². The standard InChI is InChI=1S/C12H6Cl3N3S/c13-6-1-2-8(15)10(4-6)18-11-9(17-12(18)19)3-7(14)5-16-11/h1-5H,(H,17,19). The van der Waals surface area contributed by atoms with Crippen LogP contribution in [-0.4, -0.2) is 14.5 Å².